The maximum Gasteiger partial charge on any atom is 0.326 e. The average Bonchev–Trinajstić information content (AvgIpc) is 3.29. The van der Waals surface area contributed by atoms with Gasteiger partial charge in [0.15, 0.2) is 0 Å². The smallest absolute Gasteiger partial charge is 0.326 e. The molecule has 6 aromatic rings. The van der Waals surface area contributed by atoms with Crippen molar-refractivity contribution in [2.45, 2.75) is 32.9 Å². The number of para-hydroxylation sites is 2. The van der Waals surface area contributed by atoms with E-state index >= 15 is 0 Å². The molecule has 0 spiro atoms. The zero-order valence-electron chi connectivity index (χ0n) is 34.9. The Labute approximate surface area is 419 Å². The number of fused-ring (bicyclic) bond motifs is 2. The molecule has 1 fully saturated rings. The molecule has 3 aliphatic heterocycles. The summed E-state index contributed by atoms with van der Waals surface area (Å²) >= 11 is 31.1. The molecule has 5 heterocycles. The SMILES string of the molecule is COCCN1CCN(c2cc3c(nc2Sc2ccc(F)cc2F)CNC(=O)N3c2c(Cl)cccc2Cl)CC1.O=C1NCc2nc(Sc3ccc(F)cc3F)c(Br)cc2N1c1c(Cl)cccc1Cl. The number of pyridine rings is 2. The summed E-state index contributed by atoms with van der Waals surface area (Å²) in [6.45, 7) is 4.83. The summed E-state index contributed by atoms with van der Waals surface area (Å²) in [5, 5.41) is 7.83. The number of piperazine rings is 1. The van der Waals surface area contributed by atoms with E-state index in [1.807, 2.05) is 6.07 Å². The molecule has 11 nitrogen and oxygen atoms in total. The Kier molecular flexibility index (Phi) is 15.7. The number of nitrogens with one attached hydrogen (secondary N) is 2. The van der Waals surface area contributed by atoms with E-state index in [1.165, 1.54) is 34.1 Å². The number of rotatable bonds is 10. The number of aromatic nitrogens is 2. The summed E-state index contributed by atoms with van der Waals surface area (Å²) in [6.07, 6.45) is 0. The van der Waals surface area contributed by atoms with Crippen LogP contribution in [0.5, 0.6) is 0 Å². The zero-order valence-corrected chi connectivity index (χ0v) is 41.1. The second kappa shape index (κ2) is 21.4. The number of nitrogens with zero attached hydrogens (tertiary/aromatic N) is 6. The van der Waals surface area contributed by atoms with Crippen LogP contribution in [0.2, 0.25) is 20.1 Å². The van der Waals surface area contributed by atoms with Crippen LogP contribution in [0.3, 0.4) is 0 Å². The molecular formula is C45H35BrCl4F4N8O3S2. The molecule has 0 atom stereocenters. The molecule has 1 saturated heterocycles. The highest BCUT2D eigenvalue weighted by molar-refractivity contribution is 9.10. The van der Waals surface area contributed by atoms with Crippen molar-refractivity contribution < 1.29 is 31.9 Å². The number of amides is 4. The van der Waals surface area contributed by atoms with Crippen molar-refractivity contribution in [3.8, 4) is 0 Å². The van der Waals surface area contributed by atoms with Crippen LogP contribution in [-0.2, 0) is 17.8 Å². The van der Waals surface area contributed by atoms with Crippen LogP contribution in [0.4, 0.5) is 55.6 Å². The molecule has 0 bridgehead atoms. The molecule has 0 saturated carbocycles. The van der Waals surface area contributed by atoms with E-state index in [0.29, 0.717) is 88.4 Å². The van der Waals surface area contributed by atoms with Gasteiger partial charge in [0, 0.05) is 61.8 Å². The lowest BCUT2D eigenvalue weighted by atomic mass is 10.1. The minimum Gasteiger partial charge on any atom is -0.383 e. The third kappa shape index (κ3) is 10.9. The highest BCUT2D eigenvalue weighted by atomic mass is 79.9. The monoisotopic (exact) mass is 1090 g/mol. The minimum atomic E-state index is -0.681. The predicted molar refractivity (Wildman–Crippen MR) is 259 cm³/mol. The van der Waals surface area contributed by atoms with Gasteiger partial charge >= 0.3 is 12.1 Å². The average molecular weight is 1100 g/mol. The molecule has 0 unspecified atom stereocenters. The van der Waals surface area contributed by atoms with Gasteiger partial charge in [-0.1, -0.05) is 82.1 Å². The molecule has 9 rings (SSSR count). The Hall–Kier alpha value is -4.50. The van der Waals surface area contributed by atoms with Gasteiger partial charge in [0.2, 0.25) is 0 Å². The largest absolute Gasteiger partial charge is 0.383 e. The Morgan fingerprint density at radius 3 is 1.58 bits per heavy atom. The number of methoxy groups -OCH3 is 1. The fourth-order valence-electron chi connectivity index (χ4n) is 7.33. The Morgan fingerprint density at radius 1 is 0.642 bits per heavy atom. The van der Waals surface area contributed by atoms with E-state index in [2.05, 4.69) is 41.3 Å². The third-order valence-corrected chi connectivity index (χ3v) is 14.8. The number of urea groups is 2. The lowest BCUT2D eigenvalue weighted by molar-refractivity contribution is 0.144. The van der Waals surface area contributed by atoms with Gasteiger partial charge in [-0.05, 0) is 76.6 Å². The molecule has 0 radical (unpaired) electrons. The number of halogens is 9. The van der Waals surface area contributed by atoms with Crippen molar-refractivity contribution in [3.05, 3.63) is 144 Å². The highest BCUT2D eigenvalue weighted by Gasteiger charge is 2.34. The van der Waals surface area contributed by atoms with E-state index in [1.54, 1.807) is 49.6 Å². The van der Waals surface area contributed by atoms with Gasteiger partial charge in [0.05, 0.1) is 84.1 Å². The van der Waals surface area contributed by atoms with Crippen LogP contribution < -0.4 is 25.3 Å². The molecule has 2 aromatic heterocycles. The Balaban J connectivity index is 0.000000188. The van der Waals surface area contributed by atoms with E-state index in [0.717, 1.165) is 61.0 Å². The number of carbonyl (C=O) groups is 2. The van der Waals surface area contributed by atoms with Crippen molar-refractivity contribution in [2.24, 2.45) is 0 Å². The number of carbonyl (C=O) groups excluding carboxylic acids is 2. The summed E-state index contributed by atoms with van der Waals surface area (Å²) in [4.78, 5) is 42.8. The number of hydrogen-bond donors (Lipinski definition) is 2. The summed E-state index contributed by atoms with van der Waals surface area (Å²) in [5.74, 6) is -2.64. The summed E-state index contributed by atoms with van der Waals surface area (Å²) in [5.41, 5.74) is 3.61. The molecule has 67 heavy (non-hydrogen) atoms. The highest BCUT2D eigenvalue weighted by Crippen LogP contribution is 2.46. The first-order valence-electron chi connectivity index (χ1n) is 20.2. The van der Waals surface area contributed by atoms with Crippen molar-refractivity contribution in [1.82, 2.24) is 25.5 Å². The number of benzene rings is 4. The Bertz CT molecular complexity index is 2850. The molecular weight excluding hydrogens is 1060 g/mol. The fourth-order valence-corrected chi connectivity index (χ4v) is 10.8. The molecule has 3 aliphatic rings. The van der Waals surface area contributed by atoms with Gasteiger partial charge in [0.1, 0.15) is 33.3 Å². The third-order valence-electron chi connectivity index (χ3n) is 10.6. The standard InChI is InChI=1S/C26H25Cl2F2N5O2S.C19H10BrCl2F2N3OS/c1-37-12-11-33-7-9-34(10-8-33)22-14-21-20(32-25(22)38-23-6-5-16(29)13-19(23)30)15-31-26(36)35(21)24-17(27)3-2-4-18(24)28;20-10-7-15-14(26-18(10)29-16-5-4-9(23)6-13(16)24)8-25-19(28)27(15)17-11(21)2-1-3-12(17)22/h2-6,13-14H,7-12,15H2,1H3,(H,31,36);1-7H,8H2,(H,25,28). The lowest BCUT2D eigenvalue weighted by Gasteiger charge is -2.38. The zero-order chi connectivity index (χ0) is 47.5. The number of ether oxygens (including phenoxy) is 1. The number of hydrogen-bond acceptors (Lipinski definition) is 9. The first-order chi connectivity index (χ1) is 32.2. The Morgan fingerprint density at radius 2 is 1.10 bits per heavy atom. The van der Waals surface area contributed by atoms with Gasteiger partial charge in [-0.15, -0.1) is 0 Å². The van der Waals surface area contributed by atoms with Crippen LogP contribution in [0.1, 0.15) is 11.4 Å². The molecule has 4 amide bonds. The van der Waals surface area contributed by atoms with Crippen LogP contribution in [-0.4, -0.2) is 73.4 Å². The second-order valence-electron chi connectivity index (χ2n) is 14.8. The first-order valence-corrected chi connectivity index (χ1v) is 24.1. The summed E-state index contributed by atoms with van der Waals surface area (Å²) in [6, 6.07) is 19.6. The quantitative estimate of drug-likeness (QED) is 0.130. The predicted octanol–water partition coefficient (Wildman–Crippen LogP) is 12.9. The van der Waals surface area contributed by atoms with Crippen LogP contribution in [0, 0.1) is 23.3 Å². The molecule has 0 aliphatic carbocycles. The van der Waals surface area contributed by atoms with E-state index in [4.69, 9.17) is 56.1 Å². The van der Waals surface area contributed by atoms with E-state index in [9.17, 15) is 27.2 Å². The summed E-state index contributed by atoms with van der Waals surface area (Å²) < 4.78 is 61.1. The van der Waals surface area contributed by atoms with Crippen LogP contribution >= 0.6 is 85.9 Å². The van der Waals surface area contributed by atoms with Crippen molar-refractivity contribution in [1.29, 1.82) is 0 Å². The lowest BCUT2D eigenvalue weighted by Crippen LogP contribution is -2.48. The first kappa shape index (κ1) is 48.9. The van der Waals surface area contributed by atoms with Gasteiger partial charge in [-0.2, -0.15) is 0 Å². The van der Waals surface area contributed by atoms with Gasteiger partial charge in [0.25, 0.3) is 0 Å². The van der Waals surface area contributed by atoms with Crippen molar-refractivity contribution >= 4 is 126 Å². The number of anilines is 5. The summed E-state index contributed by atoms with van der Waals surface area (Å²) in [7, 11) is 1.68. The molecule has 22 heteroatoms. The molecule has 4 aromatic carbocycles. The topological polar surface area (TPSA) is 106 Å². The maximum absolute atomic E-state index is 14.6. The van der Waals surface area contributed by atoms with Gasteiger partial charge in [-0.25, -0.2) is 37.1 Å². The maximum atomic E-state index is 14.6. The normalized spacial score (nSPS) is 14.8. The molecule has 2 N–H and O–H groups in total. The fraction of sp³-hybridized carbons (Fsp3) is 0.200. The van der Waals surface area contributed by atoms with Crippen molar-refractivity contribution in [3.63, 3.8) is 0 Å². The van der Waals surface area contributed by atoms with Gasteiger partial charge < -0.3 is 20.3 Å². The van der Waals surface area contributed by atoms with E-state index in [-0.39, 0.29) is 28.9 Å². The van der Waals surface area contributed by atoms with Crippen LogP contribution in [0.15, 0.2) is 109 Å². The minimum absolute atomic E-state index is 0.178. The van der Waals surface area contributed by atoms with Crippen LogP contribution in [0.25, 0.3) is 0 Å². The van der Waals surface area contributed by atoms with Crippen molar-refractivity contribution in [2.75, 3.05) is 61.1 Å². The second-order valence-corrected chi connectivity index (χ2v) is 19.4. The van der Waals surface area contributed by atoms with E-state index < -0.39 is 29.3 Å². The van der Waals surface area contributed by atoms with Gasteiger partial charge in [-0.3, -0.25) is 14.7 Å². The molecule has 348 valence electrons.